The molecule has 3 N–H and O–H groups in total. The summed E-state index contributed by atoms with van der Waals surface area (Å²) >= 11 is 4.83. The monoisotopic (exact) mass is 209 g/mol. The summed E-state index contributed by atoms with van der Waals surface area (Å²) in [5, 5.41) is 3.22. The van der Waals surface area contributed by atoms with Crippen molar-refractivity contribution in [2.45, 2.75) is 13.8 Å². The third-order valence-corrected chi connectivity index (χ3v) is 1.98. The Balaban J connectivity index is 2.60. The molecule has 0 aliphatic carbocycles. The Morgan fingerprint density at radius 2 is 2.29 bits per heavy atom. The van der Waals surface area contributed by atoms with Crippen molar-refractivity contribution in [1.82, 2.24) is 4.98 Å². The summed E-state index contributed by atoms with van der Waals surface area (Å²) < 4.78 is 0. The highest BCUT2D eigenvalue weighted by molar-refractivity contribution is 7.80. The van der Waals surface area contributed by atoms with Gasteiger partial charge >= 0.3 is 0 Å². The van der Waals surface area contributed by atoms with E-state index in [9.17, 15) is 0 Å². The van der Waals surface area contributed by atoms with Gasteiger partial charge in [0.25, 0.3) is 0 Å². The Kier molecular flexibility index (Phi) is 3.83. The second-order valence-electron chi connectivity index (χ2n) is 3.57. The lowest BCUT2D eigenvalue weighted by molar-refractivity contribution is 0.687. The van der Waals surface area contributed by atoms with Crippen LogP contribution in [0.4, 0.5) is 5.82 Å². The van der Waals surface area contributed by atoms with Gasteiger partial charge in [-0.2, -0.15) is 0 Å². The summed E-state index contributed by atoms with van der Waals surface area (Å²) in [6, 6.07) is 3.76. The van der Waals surface area contributed by atoms with Gasteiger partial charge in [0.2, 0.25) is 0 Å². The number of nitrogens with two attached hydrogens (primary N) is 1. The lowest BCUT2D eigenvalue weighted by atomic mass is 10.2. The second-order valence-corrected chi connectivity index (χ2v) is 4.01. The number of hydrogen-bond donors (Lipinski definition) is 2. The van der Waals surface area contributed by atoms with Crippen LogP contribution in [-0.2, 0) is 0 Å². The molecule has 0 aliphatic rings. The summed E-state index contributed by atoms with van der Waals surface area (Å²) in [5.74, 6) is 1.46. The quantitative estimate of drug-likeness (QED) is 0.742. The predicted molar refractivity (Wildman–Crippen MR) is 63.5 cm³/mol. The second kappa shape index (κ2) is 4.91. The minimum atomic E-state index is 0.382. The van der Waals surface area contributed by atoms with Crippen molar-refractivity contribution in [3.05, 3.63) is 23.9 Å². The van der Waals surface area contributed by atoms with E-state index < -0.39 is 0 Å². The summed E-state index contributed by atoms with van der Waals surface area (Å²) in [6.45, 7) is 5.21. The van der Waals surface area contributed by atoms with Gasteiger partial charge in [0.05, 0.1) is 0 Å². The van der Waals surface area contributed by atoms with Crippen molar-refractivity contribution < 1.29 is 0 Å². The van der Waals surface area contributed by atoms with E-state index in [1.165, 1.54) is 0 Å². The van der Waals surface area contributed by atoms with Crippen molar-refractivity contribution in [2.75, 3.05) is 11.9 Å². The molecule has 4 heteroatoms. The van der Waals surface area contributed by atoms with Gasteiger partial charge < -0.3 is 11.1 Å². The molecule has 0 saturated carbocycles. The molecule has 0 atom stereocenters. The highest BCUT2D eigenvalue weighted by Gasteiger charge is 1.98. The van der Waals surface area contributed by atoms with Crippen molar-refractivity contribution >= 4 is 23.0 Å². The maximum Gasteiger partial charge on any atom is 0.125 e. The standard InChI is InChI=1S/C10H15N3S/c1-7(2)5-12-9-4-3-8(6-13-9)10(11)14/h3-4,6-7H,5H2,1-2H3,(H2,11,14)(H,12,13). The van der Waals surface area contributed by atoms with Gasteiger partial charge in [0.1, 0.15) is 10.8 Å². The number of pyridine rings is 1. The van der Waals surface area contributed by atoms with Crippen molar-refractivity contribution in [3.63, 3.8) is 0 Å². The maximum atomic E-state index is 5.46. The number of nitrogens with zero attached hydrogens (tertiary/aromatic N) is 1. The smallest absolute Gasteiger partial charge is 0.125 e. The molecule has 14 heavy (non-hydrogen) atoms. The Bertz CT molecular complexity index is 306. The number of anilines is 1. The van der Waals surface area contributed by atoms with Gasteiger partial charge in [-0.1, -0.05) is 26.1 Å². The van der Waals surface area contributed by atoms with Crippen LogP contribution >= 0.6 is 12.2 Å². The first-order valence-corrected chi connectivity index (χ1v) is 5.00. The molecule has 0 aliphatic heterocycles. The van der Waals surface area contributed by atoms with Gasteiger partial charge in [-0.05, 0) is 18.1 Å². The number of nitrogens with one attached hydrogen (secondary N) is 1. The van der Waals surface area contributed by atoms with Crippen LogP contribution in [0.2, 0.25) is 0 Å². The molecule has 0 saturated heterocycles. The molecule has 0 amide bonds. The van der Waals surface area contributed by atoms with Gasteiger partial charge in [0.15, 0.2) is 0 Å². The summed E-state index contributed by atoms with van der Waals surface area (Å²) in [4.78, 5) is 4.58. The largest absolute Gasteiger partial charge is 0.389 e. The Morgan fingerprint density at radius 3 is 2.71 bits per heavy atom. The first-order chi connectivity index (χ1) is 6.59. The Labute approximate surface area is 89.7 Å². The van der Waals surface area contributed by atoms with E-state index in [4.69, 9.17) is 18.0 Å². The fourth-order valence-electron chi connectivity index (χ4n) is 0.953. The molecule has 1 aromatic rings. The molecule has 0 aromatic carbocycles. The van der Waals surface area contributed by atoms with E-state index >= 15 is 0 Å². The Hall–Kier alpha value is -1.16. The van der Waals surface area contributed by atoms with Gasteiger partial charge in [0, 0.05) is 18.3 Å². The number of rotatable bonds is 4. The molecule has 1 aromatic heterocycles. The minimum absolute atomic E-state index is 0.382. The zero-order valence-electron chi connectivity index (χ0n) is 8.45. The summed E-state index contributed by atoms with van der Waals surface area (Å²) in [5.41, 5.74) is 6.26. The molecular formula is C10H15N3S. The van der Waals surface area contributed by atoms with E-state index in [0.29, 0.717) is 10.9 Å². The van der Waals surface area contributed by atoms with Crippen LogP contribution in [0.15, 0.2) is 18.3 Å². The zero-order valence-corrected chi connectivity index (χ0v) is 9.27. The van der Waals surface area contributed by atoms with E-state index in [-0.39, 0.29) is 0 Å². The topological polar surface area (TPSA) is 50.9 Å². The highest BCUT2D eigenvalue weighted by atomic mass is 32.1. The minimum Gasteiger partial charge on any atom is -0.389 e. The fraction of sp³-hybridized carbons (Fsp3) is 0.400. The summed E-state index contributed by atoms with van der Waals surface area (Å²) in [7, 11) is 0. The number of aromatic nitrogens is 1. The van der Waals surface area contributed by atoms with Crippen molar-refractivity contribution in [2.24, 2.45) is 11.7 Å². The van der Waals surface area contributed by atoms with E-state index in [1.807, 2.05) is 12.1 Å². The van der Waals surface area contributed by atoms with Gasteiger partial charge in [-0.15, -0.1) is 0 Å². The average molecular weight is 209 g/mol. The molecular weight excluding hydrogens is 194 g/mol. The Morgan fingerprint density at radius 1 is 1.57 bits per heavy atom. The van der Waals surface area contributed by atoms with Gasteiger partial charge in [-0.3, -0.25) is 0 Å². The third-order valence-electron chi connectivity index (χ3n) is 1.74. The molecule has 0 fully saturated rings. The first-order valence-electron chi connectivity index (χ1n) is 4.59. The van der Waals surface area contributed by atoms with E-state index in [1.54, 1.807) is 6.20 Å². The van der Waals surface area contributed by atoms with Crippen LogP contribution in [-0.4, -0.2) is 16.5 Å². The molecule has 1 heterocycles. The van der Waals surface area contributed by atoms with Crippen LogP contribution < -0.4 is 11.1 Å². The lowest BCUT2D eigenvalue weighted by Gasteiger charge is -2.08. The SMILES string of the molecule is CC(C)CNc1ccc(C(N)=S)cn1. The van der Waals surface area contributed by atoms with Crippen LogP contribution in [0.1, 0.15) is 19.4 Å². The molecule has 1 rings (SSSR count). The number of hydrogen-bond acceptors (Lipinski definition) is 3. The van der Waals surface area contributed by atoms with Crippen LogP contribution in [0, 0.1) is 5.92 Å². The van der Waals surface area contributed by atoms with Crippen molar-refractivity contribution in [3.8, 4) is 0 Å². The summed E-state index contributed by atoms with van der Waals surface area (Å²) in [6.07, 6.45) is 1.69. The fourth-order valence-corrected chi connectivity index (χ4v) is 1.07. The van der Waals surface area contributed by atoms with E-state index in [2.05, 4.69) is 24.1 Å². The van der Waals surface area contributed by atoms with Gasteiger partial charge in [-0.25, -0.2) is 4.98 Å². The third kappa shape index (κ3) is 3.30. The molecule has 0 bridgehead atoms. The first kappa shape index (κ1) is 10.9. The zero-order chi connectivity index (χ0) is 10.6. The van der Waals surface area contributed by atoms with Crippen LogP contribution in [0.25, 0.3) is 0 Å². The normalized spacial score (nSPS) is 10.2. The number of thiocarbonyl (C=S) groups is 1. The molecule has 0 spiro atoms. The molecule has 0 unspecified atom stereocenters. The molecule has 76 valence electrons. The average Bonchev–Trinajstić information content (AvgIpc) is 2.15. The van der Waals surface area contributed by atoms with Crippen molar-refractivity contribution in [1.29, 1.82) is 0 Å². The molecule has 0 radical (unpaired) electrons. The molecule has 3 nitrogen and oxygen atoms in total. The lowest BCUT2D eigenvalue weighted by Crippen LogP contribution is -2.12. The van der Waals surface area contributed by atoms with E-state index in [0.717, 1.165) is 17.9 Å². The van der Waals surface area contributed by atoms with Crippen LogP contribution in [0.3, 0.4) is 0 Å². The predicted octanol–water partition coefficient (Wildman–Crippen LogP) is 1.78. The van der Waals surface area contributed by atoms with Crippen LogP contribution in [0.5, 0.6) is 0 Å². The highest BCUT2D eigenvalue weighted by Crippen LogP contribution is 2.05. The maximum absolute atomic E-state index is 5.46.